The van der Waals surface area contributed by atoms with E-state index >= 15 is 0 Å². The van der Waals surface area contributed by atoms with Crippen LogP contribution < -0.4 is 5.73 Å². The van der Waals surface area contributed by atoms with E-state index in [1.54, 1.807) is 6.07 Å². The monoisotopic (exact) mass is 223 g/mol. The molecule has 1 aromatic rings. The van der Waals surface area contributed by atoms with Crippen molar-refractivity contribution in [3.8, 4) is 0 Å². The summed E-state index contributed by atoms with van der Waals surface area (Å²) < 4.78 is 13.2. The van der Waals surface area contributed by atoms with Gasteiger partial charge in [-0.15, -0.1) is 0 Å². The summed E-state index contributed by atoms with van der Waals surface area (Å²) in [6.07, 6.45) is 3.29. The molecule has 0 fully saturated rings. The molecule has 0 saturated carbocycles. The van der Waals surface area contributed by atoms with Crippen molar-refractivity contribution in [2.45, 2.75) is 46.1 Å². The second kappa shape index (κ2) is 6.00. The number of hydrogen-bond acceptors (Lipinski definition) is 1. The smallest absolute Gasteiger partial charge is 0.123 e. The van der Waals surface area contributed by atoms with Crippen LogP contribution in [0.4, 0.5) is 4.39 Å². The Bertz CT molecular complexity index is 315. The number of aryl methyl sites for hydroxylation is 1. The van der Waals surface area contributed by atoms with E-state index in [0.29, 0.717) is 5.92 Å². The first kappa shape index (κ1) is 13.2. The summed E-state index contributed by atoms with van der Waals surface area (Å²) in [6, 6.07) is 5.02. The summed E-state index contributed by atoms with van der Waals surface area (Å²) in [5.74, 6) is 0.414. The van der Waals surface area contributed by atoms with Gasteiger partial charge in [0.05, 0.1) is 0 Å². The molecule has 0 heterocycles. The lowest BCUT2D eigenvalue weighted by molar-refractivity contribution is 0.439. The number of hydrogen-bond donors (Lipinski definition) is 1. The van der Waals surface area contributed by atoms with Crippen LogP contribution in [0, 0.1) is 18.7 Å². The van der Waals surface area contributed by atoms with Crippen LogP contribution in [0.1, 0.15) is 50.3 Å². The normalized spacial score (nSPS) is 14.8. The Morgan fingerprint density at radius 1 is 1.31 bits per heavy atom. The molecule has 0 aliphatic carbocycles. The molecule has 2 heteroatoms. The predicted octanol–water partition coefficient (Wildman–Crippen LogP) is 3.96. The van der Waals surface area contributed by atoms with Crippen molar-refractivity contribution < 1.29 is 4.39 Å². The largest absolute Gasteiger partial charge is 0.324 e. The van der Waals surface area contributed by atoms with Gasteiger partial charge in [-0.2, -0.15) is 0 Å². The van der Waals surface area contributed by atoms with Crippen molar-refractivity contribution in [2.75, 3.05) is 0 Å². The van der Waals surface area contributed by atoms with E-state index in [4.69, 9.17) is 5.73 Å². The molecule has 0 saturated heterocycles. The van der Waals surface area contributed by atoms with E-state index in [0.717, 1.165) is 17.5 Å². The molecule has 2 N–H and O–H groups in total. The maximum absolute atomic E-state index is 13.2. The highest BCUT2D eigenvalue weighted by molar-refractivity contribution is 5.26. The molecule has 2 unspecified atom stereocenters. The van der Waals surface area contributed by atoms with Crippen LogP contribution in [0.2, 0.25) is 0 Å². The molecule has 0 radical (unpaired) electrons. The molecule has 0 amide bonds. The van der Waals surface area contributed by atoms with E-state index in [1.165, 1.54) is 18.9 Å². The van der Waals surface area contributed by atoms with Crippen LogP contribution in [-0.4, -0.2) is 0 Å². The first-order chi connectivity index (χ1) is 7.52. The molecule has 1 rings (SSSR count). The lowest BCUT2D eigenvalue weighted by Gasteiger charge is -2.17. The topological polar surface area (TPSA) is 26.0 Å². The molecule has 0 spiro atoms. The Labute approximate surface area is 97.9 Å². The number of halogens is 1. The van der Waals surface area contributed by atoms with Gasteiger partial charge < -0.3 is 5.73 Å². The summed E-state index contributed by atoms with van der Waals surface area (Å²) >= 11 is 0. The van der Waals surface area contributed by atoms with Crippen LogP contribution in [0.15, 0.2) is 18.2 Å². The van der Waals surface area contributed by atoms with E-state index in [1.807, 2.05) is 13.0 Å². The zero-order valence-electron chi connectivity index (χ0n) is 10.5. The first-order valence-corrected chi connectivity index (χ1v) is 6.05. The quantitative estimate of drug-likeness (QED) is 0.803. The SMILES string of the molecule is CCCC(C)CC(N)c1cc(C)cc(F)c1. The third kappa shape index (κ3) is 3.93. The first-order valence-electron chi connectivity index (χ1n) is 6.05. The number of rotatable bonds is 5. The standard InChI is InChI=1S/C14H22FN/c1-4-5-10(2)8-14(16)12-6-11(3)7-13(15)9-12/h6-7,9-10,14H,4-5,8,16H2,1-3H3. The highest BCUT2D eigenvalue weighted by Crippen LogP contribution is 2.23. The molecule has 0 aromatic heterocycles. The van der Waals surface area contributed by atoms with Gasteiger partial charge in [-0.1, -0.05) is 32.8 Å². The Kier molecular flexibility index (Phi) is 4.94. The maximum atomic E-state index is 13.2. The maximum Gasteiger partial charge on any atom is 0.123 e. The zero-order chi connectivity index (χ0) is 12.1. The van der Waals surface area contributed by atoms with Gasteiger partial charge in [0.15, 0.2) is 0 Å². The van der Waals surface area contributed by atoms with E-state index in [2.05, 4.69) is 13.8 Å². The minimum absolute atomic E-state index is 0.0454. The van der Waals surface area contributed by atoms with Crippen molar-refractivity contribution >= 4 is 0 Å². The summed E-state index contributed by atoms with van der Waals surface area (Å²) in [4.78, 5) is 0. The molecule has 90 valence electrons. The van der Waals surface area contributed by atoms with Crippen molar-refractivity contribution in [2.24, 2.45) is 11.7 Å². The van der Waals surface area contributed by atoms with Crippen LogP contribution in [0.3, 0.4) is 0 Å². The molecular weight excluding hydrogens is 201 g/mol. The molecule has 16 heavy (non-hydrogen) atoms. The summed E-state index contributed by atoms with van der Waals surface area (Å²) in [6.45, 7) is 6.28. The molecule has 0 bridgehead atoms. The summed E-state index contributed by atoms with van der Waals surface area (Å²) in [7, 11) is 0. The Hall–Kier alpha value is -0.890. The molecule has 0 aliphatic rings. The van der Waals surface area contributed by atoms with Gasteiger partial charge in [-0.25, -0.2) is 4.39 Å². The summed E-state index contributed by atoms with van der Waals surface area (Å²) in [5.41, 5.74) is 7.95. The van der Waals surface area contributed by atoms with Crippen molar-refractivity contribution in [1.29, 1.82) is 0 Å². The molecule has 1 nitrogen and oxygen atoms in total. The highest BCUT2D eigenvalue weighted by Gasteiger charge is 2.11. The third-order valence-corrected chi connectivity index (χ3v) is 2.93. The van der Waals surface area contributed by atoms with E-state index in [9.17, 15) is 4.39 Å². The highest BCUT2D eigenvalue weighted by atomic mass is 19.1. The minimum atomic E-state index is -0.186. The minimum Gasteiger partial charge on any atom is -0.324 e. The van der Waals surface area contributed by atoms with E-state index in [-0.39, 0.29) is 11.9 Å². The van der Waals surface area contributed by atoms with Crippen molar-refractivity contribution in [3.05, 3.63) is 35.1 Å². The predicted molar refractivity (Wildman–Crippen MR) is 66.8 cm³/mol. The van der Waals surface area contributed by atoms with Gasteiger partial charge >= 0.3 is 0 Å². The van der Waals surface area contributed by atoms with Gasteiger partial charge in [-0.05, 0) is 42.5 Å². The third-order valence-electron chi connectivity index (χ3n) is 2.93. The lowest BCUT2D eigenvalue weighted by atomic mass is 9.93. The van der Waals surface area contributed by atoms with Gasteiger partial charge in [0.2, 0.25) is 0 Å². The second-order valence-electron chi connectivity index (χ2n) is 4.80. The lowest BCUT2D eigenvalue weighted by Crippen LogP contribution is -2.14. The second-order valence-corrected chi connectivity index (χ2v) is 4.80. The number of nitrogens with two attached hydrogens (primary N) is 1. The van der Waals surface area contributed by atoms with E-state index < -0.39 is 0 Å². The average molecular weight is 223 g/mol. The Morgan fingerprint density at radius 2 is 2.00 bits per heavy atom. The Balaban J connectivity index is 2.68. The van der Waals surface area contributed by atoms with Crippen LogP contribution in [0.5, 0.6) is 0 Å². The fourth-order valence-electron chi connectivity index (χ4n) is 2.16. The van der Waals surface area contributed by atoms with Crippen LogP contribution in [-0.2, 0) is 0 Å². The summed E-state index contributed by atoms with van der Waals surface area (Å²) in [5, 5.41) is 0. The fourth-order valence-corrected chi connectivity index (χ4v) is 2.16. The van der Waals surface area contributed by atoms with Crippen molar-refractivity contribution in [1.82, 2.24) is 0 Å². The number of benzene rings is 1. The van der Waals surface area contributed by atoms with Crippen LogP contribution in [0.25, 0.3) is 0 Å². The van der Waals surface area contributed by atoms with Crippen molar-refractivity contribution in [3.63, 3.8) is 0 Å². The van der Waals surface area contributed by atoms with Gasteiger partial charge in [-0.3, -0.25) is 0 Å². The average Bonchev–Trinajstić information content (AvgIpc) is 2.16. The van der Waals surface area contributed by atoms with Gasteiger partial charge in [0, 0.05) is 6.04 Å². The fraction of sp³-hybridized carbons (Fsp3) is 0.571. The zero-order valence-corrected chi connectivity index (χ0v) is 10.5. The van der Waals surface area contributed by atoms with Crippen LogP contribution >= 0.6 is 0 Å². The van der Waals surface area contributed by atoms with Gasteiger partial charge in [0.1, 0.15) is 5.82 Å². The molecule has 1 aromatic carbocycles. The van der Waals surface area contributed by atoms with Gasteiger partial charge in [0.25, 0.3) is 0 Å². The molecule has 0 aliphatic heterocycles. The molecular formula is C14H22FN. The Morgan fingerprint density at radius 3 is 2.56 bits per heavy atom. The molecule has 2 atom stereocenters.